The van der Waals surface area contributed by atoms with Crippen molar-refractivity contribution in [3.05, 3.63) is 95.0 Å². The van der Waals surface area contributed by atoms with Crippen molar-refractivity contribution in [2.45, 2.75) is 24.2 Å². The predicted octanol–water partition coefficient (Wildman–Crippen LogP) is 4.03. The van der Waals surface area contributed by atoms with Gasteiger partial charge in [-0.1, -0.05) is 77.6 Å². The zero-order valence-electron chi connectivity index (χ0n) is 19.7. The molecule has 36 heavy (non-hydrogen) atoms. The van der Waals surface area contributed by atoms with Crippen LogP contribution in [0.3, 0.4) is 0 Å². The van der Waals surface area contributed by atoms with E-state index in [1.807, 2.05) is 59.2 Å². The van der Waals surface area contributed by atoms with Gasteiger partial charge in [0.25, 0.3) is 5.56 Å². The standard InChI is InChI=1S/C26H24N6O3S/c1-34-16-15-31-24(17-35-23-14-8-6-11-20(23)19-9-3-2-4-10-19)28-29-26(31)36-18-32-25(33)21-12-5-7-13-22(21)27-30-32/h2-14H,15-18H2,1H3. The lowest BCUT2D eigenvalue weighted by Gasteiger charge is -2.13. The molecule has 0 atom stereocenters. The van der Waals surface area contributed by atoms with Crippen molar-refractivity contribution in [3.8, 4) is 16.9 Å². The Morgan fingerprint density at radius 1 is 0.889 bits per heavy atom. The molecule has 9 nitrogen and oxygen atoms in total. The van der Waals surface area contributed by atoms with E-state index in [-0.39, 0.29) is 18.0 Å². The van der Waals surface area contributed by atoms with Crippen LogP contribution < -0.4 is 10.3 Å². The van der Waals surface area contributed by atoms with Crippen molar-refractivity contribution in [2.75, 3.05) is 13.7 Å². The van der Waals surface area contributed by atoms with Crippen LogP contribution >= 0.6 is 11.8 Å². The second kappa shape index (κ2) is 11.1. The van der Waals surface area contributed by atoms with E-state index < -0.39 is 0 Å². The zero-order valence-corrected chi connectivity index (χ0v) is 20.5. The molecule has 0 fully saturated rings. The second-order valence-corrected chi connectivity index (χ2v) is 8.79. The Labute approximate surface area is 211 Å². The number of rotatable bonds is 10. The number of nitrogens with zero attached hydrogens (tertiary/aromatic N) is 6. The lowest BCUT2D eigenvalue weighted by atomic mass is 10.1. The van der Waals surface area contributed by atoms with Crippen LogP contribution in [0.1, 0.15) is 5.82 Å². The summed E-state index contributed by atoms with van der Waals surface area (Å²) in [5.41, 5.74) is 2.46. The fraction of sp³-hybridized carbons (Fsp3) is 0.192. The monoisotopic (exact) mass is 500 g/mol. The third kappa shape index (κ3) is 5.14. The van der Waals surface area contributed by atoms with Crippen molar-refractivity contribution in [1.82, 2.24) is 29.8 Å². The van der Waals surface area contributed by atoms with Crippen LogP contribution in [0.2, 0.25) is 0 Å². The molecule has 3 aromatic carbocycles. The molecule has 10 heteroatoms. The highest BCUT2D eigenvalue weighted by atomic mass is 32.2. The molecule has 0 saturated heterocycles. The van der Waals surface area contributed by atoms with Gasteiger partial charge in [0.15, 0.2) is 11.0 Å². The van der Waals surface area contributed by atoms with Crippen LogP contribution in [0.5, 0.6) is 5.75 Å². The summed E-state index contributed by atoms with van der Waals surface area (Å²) in [5.74, 6) is 1.67. The number of para-hydroxylation sites is 1. The third-order valence-electron chi connectivity index (χ3n) is 5.59. The summed E-state index contributed by atoms with van der Waals surface area (Å²) < 4.78 is 14.8. The number of fused-ring (bicyclic) bond motifs is 1. The summed E-state index contributed by atoms with van der Waals surface area (Å²) in [6.07, 6.45) is 0. The Kier molecular flexibility index (Phi) is 7.34. The summed E-state index contributed by atoms with van der Waals surface area (Å²) in [4.78, 5) is 12.8. The zero-order chi connectivity index (χ0) is 24.7. The minimum Gasteiger partial charge on any atom is -0.485 e. The largest absolute Gasteiger partial charge is 0.485 e. The molecule has 5 aromatic rings. The smallest absolute Gasteiger partial charge is 0.278 e. The van der Waals surface area contributed by atoms with Gasteiger partial charge in [-0.25, -0.2) is 0 Å². The molecule has 0 unspecified atom stereocenters. The average molecular weight is 501 g/mol. The van der Waals surface area contributed by atoms with E-state index in [0.717, 1.165) is 16.9 Å². The maximum atomic E-state index is 12.8. The molecule has 2 heterocycles. The maximum absolute atomic E-state index is 12.8. The highest BCUT2D eigenvalue weighted by Crippen LogP contribution is 2.30. The first-order chi connectivity index (χ1) is 17.7. The quantitative estimate of drug-likeness (QED) is 0.265. The van der Waals surface area contributed by atoms with E-state index >= 15 is 0 Å². The Balaban J connectivity index is 1.35. The summed E-state index contributed by atoms with van der Waals surface area (Å²) in [6, 6.07) is 25.2. The Hall–Kier alpha value is -4.02. The SMILES string of the molecule is COCCn1c(COc2ccccc2-c2ccccc2)nnc1SCn1nnc2ccccc2c1=O. The first-order valence-electron chi connectivity index (χ1n) is 11.4. The van der Waals surface area contributed by atoms with Crippen LogP contribution in [-0.4, -0.2) is 43.5 Å². The highest BCUT2D eigenvalue weighted by molar-refractivity contribution is 7.98. The van der Waals surface area contributed by atoms with Crippen molar-refractivity contribution < 1.29 is 9.47 Å². The average Bonchev–Trinajstić information content (AvgIpc) is 3.32. The number of hydrogen-bond acceptors (Lipinski definition) is 8. The van der Waals surface area contributed by atoms with E-state index in [9.17, 15) is 4.79 Å². The summed E-state index contributed by atoms with van der Waals surface area (Å²) in [6.45, 7) is 1.26. The van der Waals surface area contributed by atoms with Crippen molar-refractivity contribution in [3.63, 3.8) is 0 Å². The molecule has 0 spiro atoms. The van der Waals surface area contributed by atoms with Gasteiger partial charge in [-0.05, 0) is 23.8 Å². The molecule has 0 aliphatic rings. The highest BCUT2D eigenvalue weighted by Gasteiger charge is 2.16. The summed E-state index contributed by atoms with van der Waals surface area (Å²) in [5, 5.41) is 18.1. The summed E-state index contributed by atoms with van der Waals surface area (Å²) in [7, 11) is 1.65. The van der Waals surface area contributed by atoms with Gasteiger partial charge in [0.2, 0.25) is 0 Å². The van der Waals surface area contributed by atoms with Crippen LogP contribution in [0, 0.1) is 0 Å². The number of aromatic nitrogens is 6. The topological polar surface area (TPSA) is 97.0 Å². The van der Waals surface area contributed by atoms with Crippen molar-refractivity contribution in [1.29, 1.82) is 0 Å². The number of benzene rings is 3. The number of hydrogen-bond donors (Lipinski definition) is 0. The van der Waals surface area contributed by atoms with Gasteiger partial charge in [0, 0.05) is 19.2 Å². The van der Waals surface area contributed by atoms with Gasteiger partial charge in [-0.2, -0.15) is 4.68 Å². The van der Waals surface area contributed by atoms with Gasteiger partial charge < -0.3 is 14.0 Å². The van der Waals surface area contributed by atoms with Crippen LogP contribution in [0.25, 0.3) is 22.0 Å². The lowest BCUT2D eigenvalue weighted by molar-refractivity contribution is 0.181. The molecule has 0 amide bonds. The molecular weight excluding hydrogens is 476 g/mol. The molecule has 0 aliphatic carbocycles. The third-order valence-corrected chi connectivity index (χ3v) is 6.52. The number of ether oxygens (including phenoxy) is 2. The van der Waals surface area contributed by atoms with E-state index in [1.165, 1.54) is 16.4 Å². The predicted molar refractivity (Wildman–Crippen MR) is 138 cm³/mol. The minimum absolute atomic E-state index is 0.197. The van der Waals surface area contributed by atoms with E-state index in [2.05, 4.69) is 32.6 Å². The Morgan fingerprint density at radius 2 is 1.67 bits per heavy atom. The summed E-state index contributed by atoms with van der Waals surface area (Å²) >= 11 is 1.35. The molecule has 0 bridgehead atoms. The van der Waals surface area contributed by atoms with E-state index in [1.54, 1.807) is 19.2 Å². The molecule has 0 saturated carbocycles. The van der Waals surface area contributed by atoms with Gasteiger partial charge in [-0.3, -0.25) is 4.79 Å². The molecule has 2 aromatic heterocycles. The Morgan fingerprint density at radius 3 is 2.53 bits per heavy atom. The molecular formula is C26H24N6O3S. The minimum atomic E-state index is -0.197. The van der Waals surface area contributed by atoms with Crippen LogP contribution in [0.15, 0.2) is 88.8 Å². The fourth-order valence-corrected chi connectivity index (χ4v) is 4.62. The van der Waals surface area contributed by atoms with Crippen LogP contribution in [0.4, 0.5) is 0 Å². The first kappa shape index (κ1) is 23.7. The molecule has 0 radical (unpaired) electrons. The molecule has 5 rings (SSSR count). The fourth-order valence-electron chi connectivity index (χ4n) is 3.76. The number of thioether (sulfide) groups is 1. The van der Waals surface area contributed by atoms with Gasteiger partial charge >= 0.3 is 0 Å². The van der Waals surface area contributed by atoms with Crippen LogP contribution in [-0.2, 0) is 23.8 Å². The molecule has 0 aliphatic heterocycles. The number of methoxy groups -OCH3 is 1. The normalized spacial score (nSPS) is 11.1. The lowest BCUT2D eigenvalue weighted by Crippen LogP contribution is -2.23. The van der Waals surface area contributed by atoms with E-state index in [0.29, 0.717) is 35.0 Å². The first-order valence-corrected chi connectivity index (χ1v) is 12.4. The second-order valence-electron chi connectivity index (χ2n) is 7.88. The van der Waals surface area contributed by atoms with Gasteiger partial charge in [0.05, 0.1) is 17.9 Å². The molecule has 182 valence electrons. The van der Waals surface area contributed by atoms with Crippen molar-refractivity contribution >= 4 is 22.7 Å². The van der Waals surface area contributed by atoms with Gasteiger partial charge in [-0.15, -0.1) is 15.3 Å². The van der Waals surface area contributed by atoms with E-state index in [4.69, 9.17) is 9.47 Å². The molecule has 0 N–H and O–H groups in total. The van der Waals surface area contributed by atoms with Gasteiger partial charge in [0.1, 0.15) is 17.9 Å². The maximum Gasteiger partial charge on any atom is 0.278 e. The van der Waals surface area contributed by atoms with Crippen molar-refractivity contribution in [2.24, 2.45) is 0 Å². The Bertz CT molecular complexity index is 1520.